The van der Waals surface area contributed by atoms with Gasteiger partial charge >= 0.3 is 0 Å². The van der Waals surface area contributed by atoms with Crippen molar-refractivity contribution in [1.29, 1.82) is 0 Å². The minimum absolute atomic E-state index is 0.169. The predicted molar refractivity (Wildman–Crippen MR) is 75.3 cm³/mol. The number of fused-ring (bicyclic) bond motifs is 1. The van der Waals surface area contributed by atoms with Gasteiger partial charge in [0.2, 0.25) is 0 Å². The number of aryl methyl sites for hydroxylation is 1. The van der Waals surface area contributed by atoms with Crippen molar-refractivity contribution in [3.05, 3.63) is 41.3 Å². The standard InChI is InChI=1S/C15H17FN2O2/c1-10-13(15(19)17-6-3-7-20-2)8-11-4-5-12(16)9-14(11)18-10/h4-5,8-9H,3,6-7H2,1-2H3,(H,17,19). The number of aromatic nitrogens is 1. The van der Waals surface area contributed by atoms with E-state index in [0.29, 0.717) is 29.9 Å². The summed E-state index contributed by atoms with van der Waals surface area (Å²) < 4.78 is 18.1. The molecule has 1 aromatic heterocycles. The average Bonchev–Trinajstić information content (AvgIpc) is 2.42. The number of methoxy groups -OCH3 is 1. The van der Waals surface area contributed by atoms with Gasteiger partial charge in [-0.1, -0.05) is 0 Å². The SMILES string of the molecule is COCCCNC(=O)c1cc2ccc(F)cc2nc1C. The largest absolute Gasteiger partial charge is 0.385 e. The van der Waals surface area contributed by atoms with Gasteiger partial charge in [0.1, 0.15) is 5.82 Å². The van der Waals surface area contributed by atoms with E-state index >= 15 is 0 Å². The van der Waals surface area contributed by atoms with Crippen molar-refractivity contribution in [1.82, 2.24) is 10.3 Å². The van der Waals surface area contributed by atoms with E-state index in [-0.39, 0.29) is 11.7 Å². The minimum atomic E-state index is -0.332. The van der Waals surface area contributed by atoms with Gasteiger partial charge in [-0.15, -0.1) is 0 Å². The lowest BCUT2D eigenvalue weighted by Gasteiger charge is -2.08. The summed E-state index contributed by atoms with van der Waals surface area (Å²) in [5, 5.41) is 3.57. The number of rotatable bonds is 5. The smallest absolute Gasteiger partial charge is 0.253 e. The number of carbonyl (C=O) groups excluding carboxylic acids is 1. The van der Waals surface area contributed by atoms with Crippen LogP contribution < -0.4 is 5.32 Å². The lowest BCUT2D eigenvalue weighted by Crippen LogP contribution is -2.26. The second kappa shape index (κ2) is 6.43. The maximum absolute atomic E-state index is 13.1. The second-order valence-corrected chi connectivity index (χ2v) is 4.56. The Labute approximate surface area is 117 Å². The molecule has 0 aliphatic rings. The fourth-order valence-electron chi connectivity index (χ4n) is 1.98. The zero-order valence-electron chi connectivity index (χ0n) is 11.6. The Hall–Kier alpha value is -2.01. The van der Waals surface area contributed by atoms with Crippen LogP contribution in [-0.4, -0.2) is 31.2 Å². The number of ether oxygens (including phenoxy) is 1. The van der Waals surface area contributed by atoms with Gasteiger partial charge in [0.15, 0.2) is 0 Å². The molecule has 1 aromatic carbocycles. The van der Waals surface area contributed by atoms with Gasteiger partial charge in [-0.05, 0) is 31.5 Å². The van der Waals surface area contributed by atoms with Crippen molar-refractivity contribution in [2.75, 3.05) is 20.3 Å². The van der Waals surface area contributed by atoms with Gasteiger partial charge in [-0.2, -0.15) is 0 Å². The van der Waals surface area contributed by atoms with Crippen LogP contribution in [0, 0.1) is 12.7 Å². The second-order valence-electron chi connectivity index (χ2n) is 4.56. The van der Waals surface area contributed by atoms with Crippen LogP contribution in [0.1, 0.15) is 22.5 Å². The molecule has 1 amide bonds. The topological polar surface area (TPSA) is 51.2 Å². The number of pyridine rings is 1. The third kappa shape index (κ3) is 3.30. The van der Waals surface area contributed by atoms with Crippen LogP contribution in [-0.2, 0) is 4.74 Å². The van der Waals surface area contributed by atoms with E-state index in [1.54, 1.807) is 26.2 Å². The van der Waals surface area contributed by atoms with E-state index < -0.39 is 0 Å². The van der Waals surface area contributed by atoms with E-state index in [1.807, 2.05) is 0 Å². The van der Waals surface area contributed by atoms with Crippen LogP contribution in [0.15, 0.2) is 24.3 Å². The summed E-state index contributed by atoms with van der Waals surface area (Å²) in [4.78, 5) is 16.3. The first-order valence-electron chi connectivity index (χ1n) is 6.46. The monoisotopic (exact) mass is 276 g/mol. The molecule has 2 rings (SSSR count). The van der Waals surface area contributed by atoms with Crippen LogP contribution in [0.5, 0.6) is 0 Å². The summed E-state index contributed by atoms with van der Waals surface area (Å²) >= 11 is 0. The molecule has 1 heterocycles. The molecule has 106 valence electrons. The van der Waals surface area contributed by atoms with Crippen LogP contribution in [0.2, 0.25) is 0 Å². The lowest BCUT2D eigenvalue weighted by atomic mass is 10.1. The van der Waals surface area contributed by atoms with Crippen LogP contribution in [0.4, 0.5) is 4.39 Å². The zero-order valence-corrected chi connectivity index (χ0v) is 11.6. The first kappa shape index (κ1) is 14.4. The predicted octanol–water partition coefficient (Wildman–Crippen LogP) is 2.45. The first-order valence-corrected chi connectivity index (χ1v) is 6.46. The summed E-state index contributed by atoms with van der Waals surface area (Å²) in [6.45, 7) is 2.90. The summed E-state index contributed by atoms with van der Waals surface area (Å²) in [5.74, 6) is -0.501. The Balaban J connectivity index is 2.19. The molecule has 2 aromatic rings. The van der Waals surface area contributed by atoms with E-state index in [4.69, 9.17) is 4.74 Å². The number of carbonyl (C=O) groups is 1. The van der Waals surface area contributed by atoms with E-state index in [2.05, 4.69) is 10.3 Å². The number of halogens is 1. The minimum Gasteiger partial charge on any atom is -0.385 e. The van der Waals surface area contributed by atoms with Crippen LogP contribution >= 0.6 is 0 Å². The number of nitrogens with one attached hydrogen (secondary N) is 1. The third-order valence-electron chi connectivity index (χ3n) is 3.03. The number of hydrogen-bond donors (Lipinski definition) is 1. The van der Waals surface area contributed by atoms with Gasteiger partial charge in [-0.3, -0.25) is 9.78 Å². The molecule has 0 atom stereocenters. The van der Waals surface area contributed by atoms with E-state index in [1.165, 1.54) is 12.1 Å². The summed E-state index contributed by atoms with van der Waals surface area (Å²) in [6, 6.07) is 6.09. The first-order chi connectivity index (χ1) is 9.61. The zero-order chi connectivity index (χ0) is 14.5. The van der Waals surface area contributed by atoms with Crippen molar-refractivity contribution in [2.24, 2.45) is 0 Å². The third-order valence-corrected chi connectivity index (χ3v) is 3.03. The average molecular weight is 276 g/mol. The van der Waals surface area contributed by atoms with Crippen molar-refractivity contribution < 1.29 is 13.9 Å². The molecular weight excluding hydrogens is 259 g/mol. The van der Waals surface area contributed by atoms with Gasteiger partial charge in [0.05, 0.1) is 16.8 Å². The van der Waals surface area contributed by atoms with Crippen molar-refractivity contribution in [3.63, 3.8) is 0 Å². The van der Waals surface area contributed by atoms with E-state index in [9.17, 15) is 9.18 Å². The molecule has 0 saturated carbocycles. The van der Waals surface area contributed by atoms with Gasteiger partial charge in [0.25, 0.3) is 5.91 Å². The van der Waals surface area contributed by atoms with Crippen LogP contribution in [0.25, 0.3) is 10.9 Å². The van der Waals surface area contributed by atoms with Crippen LogP contribution in [0.3, 0.4) is 0 Å². The van der Waals surface area contributed by atoms with Gasteiger partial charge in [-0.25, -0.2) is 4.39 Å². The quantitative estimate of drug-likeness (QED) is 0.853. The molecule has 0 aliphatic carbocycles. The molecule has 4 nitrogen and oxygen atoms in total. The number of nitrogens with zero attached hydrogens (tertiary/aromatic N) is 1. The fourth-order valence-corrected chi connectivity index (χ4v) is 1.98. The Kier molecular flexibility index (Phi) is 4.63. The number of amides is 1. The highest BCUT2D eigenvalue weighted by Crippen LogP contribution is 2.17. The summed E-state index contributed by atoms with van der Waals surface area (Å²) in [6.07, 6.45) is 0.757. The number of hydrogen-bond acceptors (Lipinski definition) is 3. The summed E-state index contributed by atoms with van der Waals surface area (Å²) in [7, 11) is 1.62. The lowest BCUT2D eigenvalue weighted by molar-refractivity contribution is 0.0948. The maximum Gasteiger partial charge on any atom is 0.253 e. The Bertz CT molecular complexity index is 629. The molecule has 0 radical (unpaired) electrons. The Morgan fingerprint density at radius 3 is 2.95 bits per heavy atom. The fraction of sp³-hybridized carbons (Fsp3) is 0.333. The molecule has 0 aliphatic heterocycles. The summed E-state index contributed by atoms with van der Waals surface area (Å²) in [5.41, 5.74) is 1.66. The molecule has 0 saturated heterocycles. The van der Waals surface area contributed by atoms with E-state index in [0.717, 1.165) is 11.8 Å². The van der Waals surface area contributed by atoms with Crippen molar-refractivity contribution in [2.45, 2.75) is 13.3 Å². The van der Waals surface area contributed by atoms with Gasteiger partial charge in [0, 0.05) is 31.7 Å². The highest BCUT2D eigenvalue weighted by molar-refractivity contribution is 5.98. The molecule has 0 unspecified atom stereocenters. The molecule has 0 fully saturated rings. The molecule has 20 heavy (non-hydrogen) atoms. The normalized spacial score (nSPS) is 10.8. The maximum atomic E-state index is 13.1. The molecule has 1 N–H and O–H groups in total. The van der Waals surface area contributed by atoms with Crippen molar-refractivity contribution in [3.8, 4) is 0 Å². The Morgan fingerprint density at radius 2 is 2.20 bits per heavy atom. The van der Waals surface area contributed by atoms with Gasteiger partial charge < -0.3 is 10.1 Å². The molecule has 0 bridgehead atoms. The molecular formula is C15H17FN2O2. The highest BCUT2D eigenvalue weighted by Gasteiger charge is 2.11. The Morgan fingerprint density at radius 1 is 1.40 bits per heavy atom. The number of benzene rings is 1. The molecule has 5 heteroatoms. The molecule has 0 spiro atoms. The highest BCUT2D eigenvalue weighted by atomic mass is 19.1. The van der Waals surface area contributed by atoms with Crippen molar-refractivity contribution >= 4 is 16.8 Å².